The smallest absolute Gasteiger partial charge is 0.253 e. The Kier molecular flexibility index (Phi) is 5.73. The van der Waals surface area contributed by atoms with Crippen LogP contribution in [0.5, 0.6) is 5.75 Å². The lowest BCUT2D eigenvalue weighted by molar-refractivity contribution is -0.117. The molecule has 9 heteroatoms. The van der Waals surface area contributed by atoms with Crippen LogP contribution < -0.4 is 14.3 Å². The lowest BCUT2D eigenvalue weighted by Gasteiger charge is -2.29. The highest BCUT2D eigenvalue weighted by atomic mass is 32.2. The summed E-state index contributed by atoms with van der Waals surface area (Å²) in [6.45, 7) is 4.55. The van der Waals surface area contributed by atoms with Gasteiger partial charge < -0.3 is 15.5 Å². The van der Waals surface area contributed by atoms with Crippen molar-refractivity contribution in [2.75, 3.05) is 24.0 Å². The molecule has 150 valence electrons. The second kappa shape index (κ2) is 7.73. The molecule has 3 rings (SSSR count). The molecule has 1 heterocycles. The lowest BCUT2D eigenvalue weighted by atomic mass is 9.86. The van der Waals surface area contributed by atoms with E-state index >= 15 is 4.39 Å². The first-order valence-corrected chi connectivity index (χ1v) is 10.2. The van der Waals surface area contributed by atoms with E-state index in [1.807, 2.05) is 13.8 Å². The number of hydrogen-bond acceptors (Lipinski definition) is 5. The monoisotopic (exact) mass is 399 g/mol. The van der Waals surface area contributed by atoms with Crippen LogP contribution >= 0.6 is 0 Å². The molecular formula is C18H26FN3O4S. The Bertz CT molecular complexity index is 771. The van der Waals surface area contributed by atoms with E-state index in [4.69, 9.17) is 0 Å². The molecule has 0 aromatic heterocycles. The number of nitrogens with one attached hydrogen (secondary N) is 2. The van der Waals surface area contributed by atoms with Gasteiger partial charge in [0.2, 0.25) is 11.2 Å². The van der Waals surface area contributed by atoms with Gasteiger partial charge in [-0.1, -0.05) is 13.8 Å². The van der Waals surface area contributed by atoms with Gasteiger partial charge >= 0.3 is 0 Å². The molecule has 0 spiro atoms. The minimum absolute atomic E-state index is 0.0859. The van der Waals surface area contributed by atoms with Gasteiger partial charge in [0.15, 0.2) is 5.82 Å². The zero-order valence-electron chi connectivity index (χ0n) is 15.5. The van der Waals surface area contributed by atoms with E-state index in [-0.39, 0.29) is 36.0 Å². The topological polar surface area (TPSA) is 102 Å². The molecule has 1 fully saturated rings. The molecule has 1 amide bonds. The number of hydrogen-bond donors (Lipinski definition) is 4. The van der Waals surface area contributed by atoms with E-state index in [1.165, 1.54) is 6.07 Å². The highest BCUT2D eigenvalue weighted by Crippen LogP contribution is 2.39. The molecule has 7 nitrogen and oxygen atoms in total. The maximum atomic E-state index is 15.2. The Balaban J connectivity index is 1.76. The summed E-state index contributed by atoms with van der Waals surface area (Å²) in [6, 6.07) is 1.60. The maximum Gasteiger partial charge on any atom is 0.253 e. The average molecular weight is 399 g/mol. The van der Waals surface area contributed by atoms with Gasteiger partial charge in [0, 0.05) is 12.6 Å². The summed E-state index contributed by atoms with van der Waals surface area (Å²) in [6.07, 6.45) is 2.70. The third-order valence-corrected chi connectivity index (χ3v) is 6.34. The number of phenols is 1. The number of phenolic OH excluding ortho intramolecular Hbond substituents is 1. The Morgan fingerprint density at radius 1 is 1.48 bits per heavy atom. The zero-order valence-corrected chi connectivity index (χ0v) is 16.4. The molecular weight excluding hydrogens is 373 g/mol. The SMILES string of the molecule is CC(C)(CO)CCNC1CCc2cc(O)c(N3CC(=O)NS3=O)c(F)c2C1. The van der Waals surface area contributed by atoms with Crippen molar-refractivity contribution >= 4 is 22.8 Å². The van der Waals surface area contributed by atoms with E-state index in [2.05, 4.69) is 10.0 Å². The Hall–Kier alpha value is -1.71. The van der Waals surface area contributed by atoms with Gasteiger partial charge in [-0.2, -0.15) is 0 Å². The molecule has 1 saturated heterocycles. The number of amides is 1. The third kappa shape index (κ3) is 4.25. The van der Waals surface area contributed by atoms with Crippen molar-refractivity contribution < 1.29 is 23.6 Å². The van der Waals surface area contributed by atoms with E-state index in [0.717, 1.165) is 22.7 Å². The van der Waals surface area contributed by atoms with Crippen molar-refractivity contribution in [1.29, 1.82) is 0 Å². The van der Waals surface area contributed by atoms with Crippen molar-refractivity contribution in [3.63, 3.8) is 0 Å². The summed E-state index contributed by atoms with van der Waals surface area (Å²) in [5.41, 5.74) is 0.881. The van der Waals surface area contributed by atoms with Crippen LogP contribution in [0.15, 0.2) is 6.07 Å². The van der Waals surface area contributed by atoms with Crippen molar-refractivity contribution in [3.05, 3.63) is 23.0 Å². The number of benzene rings is 1. The molecule has 1 aliphatic heterocycles. The third-order valence-electron chi connectivity index (χ3n) is 5.23. The summed E-state index contributed by atoms with van der Waals surface area (Å²) in [4.78, 5) is 11.4. The number of carbonyl (C=O) groups is 1. The predicted octanol–water partition coefficient (Wildman–Crippen LogP) is 0.902. The number of aromatic hydroxyl groups is 1. The van der Waals surface area contributed by atoms with Gasteiger partial charge in [0.05, 0.1) is 0 Å². The molecule has 2 unspecified atom stereocenters. The highest BCUT2D eigenvalue weighted by molar-refractivity contribution is 7.85. The van der Waals surface area contributed by atoms with Crippen molar-refractivity contribution in [3.8, 4) is 5.75 Å². The number of aliphatic hydroxyl groups is 1. The Morgan fingerprint density at radius 2 is 2.22 bits per heavy atom. The van der Waals surface area contributed by atoms with Crippen LogP contribution in [-0.4, -0.2) is 46.1 Å². The fraction of sp³-hybridized carbons (Fsp3) is 0.611. The number of rotatable bonds is 6. The van der Waals surface area contributed by atoms with E-state index in [1.54, 1.807) is 0 Å². The molecule has 1 aliphatic carbocycles. The van der Waals surface area contributed by atoms with Crippen LogP contribution in [0.3, 0.4) is 0 Å². The molecule has 1 aromatic carbocycles. The van der Waals surface area contributed by atoms with Gasteiger partial charge in [-0.25, -0.2) is 8.60 Å². The zero-order chi connectivity index (χ0) is 19.8. The number of nitrogens with zero attached hydrogens (tertiary/aromatic N) is 1. The molecule has 0 bridgehead atoms. The van der Waals surface area contributed by atoms with Crippen molar-refractivity contribution in [2.24, 2.45) is 5.41 Å². The summed E-state index contributed by atoms with van der Waals surface area (Å²) in [5, 5.41) is 23.0. The minimum atomic E-state index is -1.89. The molecule has 4 N–H and O–H groups in total. The van der Waals surface area contributed by atoms with Gasteiger partial charge in [-0.15, -0.1) is 0 Å². The number of anilines is 1. The number of halogens is 1. The highest BCUT2D eigenvalue weighted by Gasteiger charge is 2.34. The van der Waals surface area contributed by atoms with Gasteiger partial charge in [-0.05, 0) is 54.8 Å². The van der Waals surface area contributed by atoms with Crippen molar-refractivity contribution in [1.82, 2.24) is 10.0 Å². The number of aryl methyl sites for hydroxylation is 1. The Labute approximate surface area is 160 Å². The molecule has 0 radical (unpaired) electrons. The van der Waals surface area contributed by atoms with Crippen LogP contribution in [-0.2, 0) is 28.8 Å². The molecule has 2 atom stereocenters. The van der Waals surface area contributed by atoms with Gasteiger partial charge in [-0.3, -0.25) is 13.8 Å². The summed E-state index contributed by atoms with van der Waals surface area (Å²) >= 11 is -1.89. The van der Waals surface area contributed by atoms with E-state index in [0.29, 0.717) is 24.9 Å². The number of fused-ring (bicyclic) bond motifs is 1. The first kappa shape index (κ1) is 20.0. The fourth-order valence-corrected chi connectivity index (χ4v) is 4.42. The van der Waals surface area contributed by atoms with Crippen LogP contribution in [0, 0.1) is 11.2 Å². The van der Waals surface area contributed by atoms with E-state index < -0.39 is 22.9 Å². The van der Waals surface area contributed by atoms with Crippen molar-refractivity contribution in [2.45, 2.75) is 45.6 Å². The first-order chi connectivity index (χ1) is 12.7. The number of aliphatic hydroxyl groups excluding tert-OH is 1. The lowest BCUT2D eigenvalue weighted by Crippen LogP contribution is -2.37. The second-order valence-electron chi connectivity index (χ2n) is 7.97. The van der Waals surface area contributed by atoms with Crippen LogP contribution in [0.1, 0.15) is 37.8 Å². The predicted molar refractivity (Wildman–Crippen MR) is 101 cm³/mol. The van der Waals surface area contributed by atoms with Crippen LogP contribution in [0.4, 0.5) is 10.1 Å². The maximum absolute atomic E-state index is 15.2. The average Bonchev–Trinajstić information content (AvgIpc) is 2.93. The largest absolute Gasteiger partial charge is 0.506 e. The normalized spacial score (nSPS) is 22.7. The second-order valence-corrected chi connectivity index (χ2v) is 9.12. The summed E-state index contributed by atoms with van der Waals surface area (Å²) in [7, 11) is 0. The minimum Gasteiger partial charge on any atom is -0.506 e. The molecule has 27 heavy (non-hydrogen) atoms. The fourth-order valence-electron chi connectivity index (χ4n) is 3.48. The van der Waals surface area contributed by atoms with Crippen LogP contribution in [0.25, 0.3) is 0 Å². The van der Waals surface area contributed by atoms with Gasteiger partial charge in [0.25, 0.3) is 5.91 Å². The summed E-state index contributed by atoms with van der Waals surface area (Å²) in [5.74, 6) is -1.39. The number of carbonyl (C=O) groups excluding carboxylic acids is 1. The molecule has 2 aliphatic rings. The molecule has 0 saturated carbocycles. The standard InChI is InChI=1S/C18H26FN3O4S/c1-18(2,10-23)5-6-20-12-4-3-11-7-14(24)17(16(19)13(11)8-12)22-9-15(25)21-27(22)26/h7,12,20,23-24H,3-6,8-10H2,1-2H3,(H,21,25). The Morgan fingerprint density at radius 3 is 2.85 bits per heavy atom. The van der Waals surface area contributed by atoms with Gasteiger partial charge in [0.1, 0.15) is 18.0 Å². The quantitative estimate of drug-likeness (QED) is 0.569. The first-order valence-electron chi connectivity index (χ1n) is 9.08. The molecule has 1 aromatic rings. The summed E-state index contributed by atoms with van der Waals surface area (Å²) < 4.78 is 30.4. The van der Waals surface area contributed by atoms with E-state index in [9.17, 15) is 19.2 Å². The van der Waals surface area contributed by atoms with Crippen LogP contribution in [0.2, 0.25) is 0 Å².